The van der Waals surface area contributed by atoms with Crippen LogP contribution in [0.25, 0.3) is 0 Å². The van der Waals surface area contributed by atoms with E-state index in [-0.39, 0.29) is 6.61 Å². The van der Waals surface area contributed by atoms with E-state index in [1.807, 2.05) is 19.1 Å². The Morgan fingerprint density at radius 3 is 2.83 bits per heavy atom. The molecule has 0 aliphatic rings. The Hall–Kier alpha value is -1.10. The van der Waals surface area contributed by atoms with Crippen molar-refractivity contribution >= 4 is 0 Å². The van der Waals surface area contributed by atoms with Crippen LogP contribution in [-0.4, -0.2) is 38.6 Å². The summed E-state index contributed by atoms with van der Waals surface area (Å²) in [4.78, 5) is 0. The molecule has 0 unspecified atom stereocenters. The van der Waals surface area contributed by atoms with Crippen molar-refractivity contribution in [3.8, 4) is 5.75 Å². The molecule has 2 N–H and O–H groups in total. The lowest BCUT2D eigenvalue weighted by Gasteiger charge is -2.14. The number of rotatable bonds is 9. The third kappa shape index (κ3) is 5.04. The lowest BCUT2D eigenvalue weighted by atomic mass is 10.1. The van der Waals surface area contributed by atoms with E-state index in [1.165, 1.54) is 0 Å². The molecule has 0 aliphatic heterocycles. The van der Waals surface area contributed by atoms with Crippen LogP contribution in [0.5, 0.6) is 5.75 Å². The molecule has 0 spiro atoms. The van der Waals surface area contributed by atoms with Crippen LogP contribution >= 0.6 is 0 Å². The van der Waals surface area contributed by atoms with Gasteiger partial charge in [-0.3, -0.25) is 0 Å². The van der Waals surface area contributed by atoms with Crippen LogP contribution in [0.4, 0.5) is 0 Å². The Labute approximate surface area is 109 Å². The minimum atomic E-state index is 0.160. The van der Waals surface area contributed by atoms with Crippen molar-refractivity contribution in [2.75, 3.05) is 33.5 Å². The van der Waals surface area contributed by atoms with Crippen LogP contribution in [0.15, 0.2) is 18.2 Å². The monoisotopic (exact) mass is 253 g/mol. The average molecular weight is 253 g/mol. The summed E-state index contributed by atoms with van der Waals surface area (Å²) in [7, 11) is 1.69. The van der Waals surface area contributed by atoms with Gasteiger partial charge in [-0.05, 0) is 12.5 Å². The van der Waals surface area contributed by atoms with Crippen LogP contribution < -0.4 is 10.1 Å². The highest BCUT2D eigenvalue weighted by molar-refractivity contribution is 5.40. The number of aliphatic hydroxyl groups is 1. The van der Waals surface area contributed by atoms with Crippen LogP contribution in [0.3, 0.4) is 0 Å². The van der Waals surface area contributed by atoms with Gasteiger partial charge >= 0.3 is 0 Å². The number of hydrogen-bond acceptors (Lipinski definition) is 4. The predicted molar refractivity (Wildman–Crippen MR) is 72.0 cm³/mol. The highest BCUT2D eigenvalue weighted by Crippen LogP contribution is 2.23. The number of aryl methyl sites for hydroxylation is 1. The first-order chi connectivity index (χ1) is 8.79. The summed E-state index contributed by atoms with van der Waals surface area (Å²) < 4.78 is 10.7. The van der Waals surface area contributed by atoms with Gasteiger partial charge in [0.05, 0.1) is 13.2 Å². The van der Waals surface area contributed by atoms with E-state index in [9.17, 15) is 0 Å². The number of methoxy groups -OCH3 is 1. The molecule has 0 saturated heterocycles. The van der Waals surface area contributed by atoms with Crippen LogP contribution in [0.2, 0.25) is 0 Å². The van der Waals surface area contributed by atoms with Gasteiger partial charge in [-0.25, -0.2) is 0 Å². The van der Waals surface area contributed by atoms with Gasteiger partial charge in [0.15, 0.2) is 0 Å². The number of aliphatic hydroxyl groups excluding tert-OH is 1. The van der Waals surface area contributed by atoms with Crippen molar-refractivity contribution in [3.63, 3.8) is 0 Å². The normalized spacial score (nSPS) is 10.6. The molecular weight excluding hydrogens is 230 g/mol. The first-order valence-corrected chi connectivity index (χ1v) is 6.31. The molecule has 4 heteroatoms. The van der Waals surface area contributed by atoms with E-state index < -0.39 is 0 Å². The Balaban J connectivity index is 2.56. The molecule has 4 nitrogen and oxygen atoms in total. The summed E-state index contributed by atoms with van der Waals surface area (Å²) in [6.45, 7) is 5.03. The van der Waals surface area contributed by atoms with Gasteiger partial charge in [0, 0.05) is 38.8 Å². The van der Waals surface area contributed by atoms with Gasteiger partial charge in [0.2, 0.25) is 0 Å². The SMILES string of the molecule is COCCNCc1cccc(C)c1OCCCO. The van der Waals surface area contributed by atoms with E-state index in [4.69, 9.17) is 14.6 Å². The first-order valence-electron chi connectivity index (χ1n) is 6.31. The van der Waals surface area contributed by atoms with Crippen molar-refractivity contribution in [2.24, 2.45) is 0 Å². The molecule has 0 radical (unpaired) electrons. The molecule has 0 aromatic heterocycles. The summed E-state index contributed by atoms with van der Waals surface area (Å²) in [6, 6.07) is 6.12. The zero-order valence-electron chi connectivity index (χ0n) is 11.2. The predicted octanol–water partition coefficient (Wildman–Crippen LogP) is 1.49. The quantitative estimate of drug-likeness (QED) is 0.655. The lowest BCUT2D eigenvalue weighted by Crippen LogP contribution is -2.19. The Kier molecular flexibility index (Phi) is 7.41. The van der Waals surface area contributed by atoms with Crippen LogP contribution in [0.1, 0.15) is 17.5 Å². The number of ether oxygens (including phenoxy) is 2. The van der Waals surface area contributed by atoms with Crippen molar-refractivity contribution in [1.82, 2.24) is 5.32 Å². The molecular formula is C14H23NO3. The first kappa shape index (κ1) is 15.0. The molecule has 1 aromatic carbocycles. The molecule has 1 rings (SSSR count). The largest absolute Gasteiger partial charge is 0.493 e. The number of nitrogens with one attached hydrogen (secondary N) is 1. The maximum Gasteiger partial charge on any atom is 0.126 e. The summed E-state index contributed by atoms with van der Waals surface area (Å²) in [5.74, 6) is 0.927. The fraction of sp³-hybridized carbons (Fsp3) is 0.571. The summed E-state index contributed by atoms with van der Waals surface area (Å²) in [6.07, 6.45) is 0.658. The smallest absolute Gasteiger partial charge is 0.126 e. The second kappa shape index (κ2) is 8.91. The van der Waals surface area contributed by atoms with Crippen LogP contribution in [-0.2, 0) is 11.3 Å². The van der Waals surface area contributed by atoms with Gasteiger partial charge in [0.1, 0.15) is 5.75 Å². The van der Waals surface area contributed by atoms with Crippen molar-refractivity contribution in [3.05, 3.63) is 29.3 Å². The zero-order valence-corrected chi connectivity index (χ0v) is 11.2. The van der Waals surface area contributed by atoms with Gasteiger partial charge in [-0.1, -0.05) is 18.2 Å². The highest BCUT2D eigenvalue weighted by Gasteiger charge is 2.06. The second-order valence-electron chi connectivity index (χ2n) is 4.16. The molecule has 0 fully saturated rings. The standard InChI is InChI=1S/C14H23NO3/c1-12-5-3-6-13(11-15-7-10-17-2)14(12)18-9-4-8-16/h3,5-6,15-16H,4,7-11H2,1-2H3. The second-order valence-corrected chi connectivity index (χ2v) is 4.16. The summed E-state index contributed by atoms with van der Waals surface area (Å²) >= 11 is 0. The molecule has 18 heavy (non-hydrogen) atoms. The Morgan fingerprint density at radius 2 is 2.11 bits per heavy atom. The van der Waals surface area contributed by atoms with Crippen molar-refractivity contribution in [1.29, 1.82) is 0 Å². The van der Waals surface area contributed by atoms with E-state index in [2.05, 4.69) is 11.4 Å². The molecule has 0 amide bonds. The van der Waals surface area contributed by atoms with E-state index >= 15 is 0 Å². The Bertz CT molecular complexity index is 342. The van der Waals surface area contributed by atoms with Crippen molar-refractivity contribution < 1.29 is 14.6 Å². The molecule has 0 atom stereocenters. The molecule has 102 valence electrons. The minimum Gasteiger partial charge on any atom is -0.493 e. The molecule has 0 aliphatic carbocycles. The molecule has 0 saturated carbocycles. The molecule has 0 bridgehead atoms. The highest BCUT2D eigenvalue weighted by atomic mass is 16.5. The molecule has 0 heterocycles. The number of hydrogen-bond donors (Lipinski definition) is 2. The maximum absolute atomic E-state index is 8.78. The lowest BCUT2D eigenvalue weighted by molar-refractivity contribution is 0.198. The number of benzene rings is 1. The topological polar surface area (TPSA) is 50.7 Å². The van der Waals surface area contributed by atoms with Gasteiger partial charge in [-0.15, -0.1) is 0 Å². The fourth-order valence-corrected chi connectivity index (χ4v) is 1.70. The maximum atomic E-state index is 8.78. The average Bonchev–Trinajstić information content (AvgIpc) is 2.37. The minimum absolute atomic E-state index is 0.160. The van der Waals surface area contributed by atoms with Crippen molar-refractivity contribution in [2.45, 2.75) is 19.9 Å². The third-order valence-corrected chi connectivity index (χ3v) is 2.64. The van der Waals surface area contributed by atoms with Gasteiger partial charge in [-0.2, -0.15) is 0 Å². The Morgan fingerprint density at radius 1 is 1.28 bits per heavy atom. The zero-order chi connectivity index (χ0) is 13.2. The summed E-state index contributed by atoms with van der Waals surface area (Å²) in [5, 5.41) is 12.1. The third-order valence-electron chi connectivity index (χ3n) is 2.64. The fourth-order valence-electron chi connectivity index (χ4n) is 1.70. The van der Waals surface area contributed by atoms with E-state index in [1.54, 1.807) is 7.11 Å². The van der Waals surface area contributed by atoms with Crippen LogP contribution in [0, 0.1) is 6.92 Å². The van der Waals surface area contributed by atoms with E-state index in [0.29, 0.717) is 19.6 Å². The van der Waals surface area contributed by atoms with E-state index in [0.717, 1.165) is 30.0 Å². The number of para-hydroxylation sites is 1. The van der Waals surface area contributed by atoms with Gasteiger partial charge in [0.25, 0.3) is 0 Å². The summed E-state index contributed by atoms with van der Waals surface area (Å²) in [5.41, 5.74) is 2.27. The van der Waals surface area contributed by atoms with Gasteiger partial charge < -0.3 is 19.9 Å². The molecule has 1 aromatic rings.